The zero-order valence-corrected chi connectivity index (χ0v) is 13.2. The van der Waals surface area contributed by atoms with Gasteiger partial charge in [-0.2, -0.15) is 5.26 Å². The van der Waals surface area contributed by atoms with Gasteiger partial charge in [0.15, 0.2) is 0 Å². The van der Waals surface area contributed by atoms with Gasteiger partial charge in [-0.15, -0.1) is 0 Å². The van der Waals surface area contributed by atoms with Crippen molar-refractivity contribution in [2.75, 3.05) is 7.11 Å². The van der Waals surface area contributed by atoms with Crippen LogP contribution in [0, 0.1) is 11.3 Å². The number of hydrogen-bond donors (Lipinski definition) is 1. The first-order chi connectivity index (χ1) is 10.6. The van der Waals surface area contributed by atoms with Crippen LogP contribution < -0.4 is 10.1 Å². The van der Waals surface area contributed by atoms with E-state index >= 15 is 0 Å². The molecule has 1 amide bonds. The number of carbonyl (C=O) groups is 1. The van der Waals surface area contributed by atoms with Crippen LogP contribution >= 0.6 is 0 Å². The van der Waals surface area contributed by atoms with Gasteiger partial charge < -0.3 is 10.1 Å². The summed E-state index contributed by atoms with van der Waals surface area (Å²) in [6.07, 6.45) is 5.72. The molecule has 22 heavy (non-hydrogen) atoms. The molecule has 0 saturated heterocycles. The van der Waals surface area contributed by atoms with E-state index in [1.807, 2.05) is 31.2 Å². The van der Waals surface area contributed by atoms with E-state index in [4.69, 9.17) is 4.74 Å². The van der Waals surface area contributed by atoms with Crippen molar-refractivity contribution in [2.24, 2.45) is 0 Å². The van der Waals surface area contributed by atoms with Crippen LogP contribution in [-0.2, 0) is 11.2 Å². The fourth-order valence-corrected chi connectivity index (χ4v) is 2.94. The second-order valence-electron chi connectivity index (χ2n) is 5.87. The molecule has 0 aliphatic heterocycles. The summed E-state index contributed by atoms with van der Waals surface area (Å²) in [5.74, 6) is 0.635. The molecule has 1 fully saturated rings. The lowest BCUT2D eigenvalue weighted by Gasteiger charge is -2.21. The molecule has 0 unspecified atom stereocenters. The lowest BCUT2D eigenvalue weighted by molar-refractivity contribution is -0.117. The Morgan fingerprint density at radius 2 is 2.09 bits per heavy atom. The Balaban J connectivity index is 2.02. The van der Waals surface area contributed by atoms with Gasteiger partial charge in [0, 0.05) is 6.08 Å². The number of nitrogens with zero attached hydrogens (tertiary/aromatic N) is 1. The van der Waals surface area contributed by atoms with Crippen LogP contribution in [0.5, 0.6) is 5.75 Å². The van der Waals surface area contributed by atoms with Crippen molar-refractivity contribution in [3.63, 3.8) is 0 Å². The van der Waals surface area contributed by atoms with Crippen LogP contribution in [0.3, 0.4) is 0 Å². The monoisotopic (exact) mass is 298 g/mol. The van der Waals surface area contributed by atoms with Crippen LogP contribution in [0.25, 0.3) is 0 Å². The van der Waals surface area contributed by atoms with E-state index in [2.05, 4.69) is 11.4 Å². The number of benzene rings is 1. The van der Waals surface area contributed by atoms with Crippen molar-refractivity contribution in [1.82, 2.24) is 5.32 Å². The summed E-state index contributed by atoms with van der Waals surface area (Å²) in [4.78, 5) is 12.1. The number of carbonyl (C=O) groups excluding carboxylic acids is 1. The molecule has 1 aliphatic carbocycles. The number of hydrogen-bond acceptors (Lipinski definition) is 3. The van der Waals surface area contributed by atoms with Gasteiger partial charge in [0.2, 0.25) is 5.91 Å². The zero-order chi connectivity index (χ0) is 16.0. The lowest BCUT2D eigenvalue weighted by atomic mass is 9.99. The average Bonchev–Trinajstić information content (AvgIpc) is 2.96. The van der Waals surface area contributed by atoms with Gasteiger partial charge in [-0.25, -0.2) is 0 Å². The highest BCUT2D eigenvalue weighted by molar-refractivity contribution is 5.89. The van der Waals surface area contributed by atoms with Crippen LogP contribution in [0.2, 0.25) is 0 Å². The van der Waals surface area contributed by atoms with E-state index in [0.29, 0.717) is 6.42 Å². The average molecular weight is 298 g/mol. The van der Waals surface area contributed by atoms with Gasteiger partial charge in [-0.3, -0.25) is 4.79 Å². The predicted molar refractivity (Wildman–Crippen MR) is 85.4 cm³/mol. The number of methoxy groups -OCH3 is 1. The first-order valence-electron chi connectivity index (χ1n) is 7.61. The van der Waals surface area contributed by atoms with Crippen molar-refractivity contribution in [3.05, 3.63) is 41.5 Å². The molecule has 1 aromatic rings. The second-order valence-corrected chi connectivity index (χ2v) is 5.87. The summed E-state index contributed by atoms with van der Waals surface area (Å²) in [5, 5.41) is 12.2. The number of rotatable bonds is 5. The van der Waals surface area contributed by atoms with Crippen molar-refractivity contribution >= 4 is 5.91 Å². The normalized spacial score (nSPS) is 16.9. The van der Waals surface area contributed by atoms with E-state index in [9.17, 15) is 10.1 Å². The van der Waals surface area contributed by atoms with Gasteiger partial charge in [0.05, 0.1) is 13.2 Å². The molecule has 2 rings (SSSR count). The van der Waals surface area contributed by atoms with Gasteiger partial charge in [-0.05, 0) is 50.7 Å². The van der Waals surface area contributed by atoms with Gasteiger partial charge in [-0.1, -0.05) is 23.8 Å². The minimum Gasteiger partial charge on any atom is -0.496 e. The molecule has 116 valence electrons. The minimum absolute atomic E-state index is 0.184. The molecule has 4 heteroatoms. The number of amides is 1. The van der Waals surface area contributed by atoms with Crippen molar-refractivity contribution in [3.8, 4) is 11.8 Å². The zero-order valence-electron chi connectivity index (χ0n) is 13.2. The fraction of sp³-hybridized carbons (Fsp3) is 0.444. The molecular weight excluding hydrogens is 276 g/mol. The minimum atomic E-state index is -0.668. The molecule has 0 atom stereocenters. The first-order valence-corrected chi connectivity index (χ1v) is 7.61. The summed E-state index contributed by atoms with van der Waals surface area (Å²) in [6, 6.07) is 10.0. The van der Waals surface area contributed by atoms with Crippen molar-refractivity contribution in [2.45, 2.75) is 44.6 Å². The third-order valence-electron chi connectivity index (χ3n) is 4.07. The topological polar surface area (TPSA) is 62.1 Å². The molecule has 0 bridgehead atoms. The van der Waals surface area contributed by atoms with Crippen LogP contribution in [0.4, 0.5) is 0 Å². The number of para-hydroxylation sites is 1. The summed E-state index contributed by atoms with van der Waals surface area (Å²) in [5.41, 5.74) is 1.31. The van der Waals surface area contributed by atoms with E-state index in [0.717, 1.165) is 42.6 Å². The summed E-state index contributed by atoms with van der Waals surface area (Å²) in [6.45, 7) is 1.92. The van der Waals surface area contributed by atoms with Gasteiger partial charge in [0.25, 0.3) is 0 Å². The first kappa shape index (κ1) is 16.1. The molecule has 0 spiro atoms. The number of nitrogens with one attached hydrogen (secondary N) is 1. The summed E-state index contributed by atoms with van der Waals surface area (Å²) < 4.78 is 5.32. The quantitative estimate of drug-likeness (QED) is 0.849. The maximum Gasteiger partial charge on any atom is 0.245 e. The molecule has 1 aliphatic rings. The Morgan fingerprint density at radius 3 is 2.73 bits per heavy atom. The smallest absolute Gasteiger partial charge is 0.245 e. The number of nitriles is 1. The predicted octanol–water partition coefficient (Wildman–Crippen LogP) is 3.14. The molecule has 4 nitrogen and oxygen atoms in total. The van der Waals surface area contributed by atoms with E-state index in [1.54, 1.807) is 13.2 Å². The Labute approximate surface area is 131 Å². The van der Waals surface area contributed by atoms with Crippen LogP contribution in [0.15, 0.2) is 35.9 Å². The largest absolute Gasteiger partial charge is 0.496 e. The van der Waals surface area contributed by atoms with Crippen LogP contribution in [0.1, 0.15) is 38.2 Å². The summed E-state index contributed by atoms with van der Waals surface area (Å²) >= 11 is 0. The van der Waals surface area contributed by atoms with E-state index in [-0.39, 0.29) is 5.91 Å². The molecule has 0 radical (unpaired) electrons. The third-order valence-corrected chi connectivity index (χ3v) is 4.07. The third kappa shape index (κ3) is 3.88. The number of ether oxygens (including phenoxy) is 1. The van der Waals surface area contributed by atoms with E-state index < -0.39 is 5.54 Å². The highest BCUT2D eigenvalue weighted by Gasteiger charge is 2.34. The van der Waals surface area contributed by atoms with Gasteiger partial charge >= 0.3 is 0 Å². The summed E-state index contributed by atoms with van der Waals surface area (Å²) in [7, 11) is 1.64. The maximum atomic E-state index is 12.1. The molecular formula is C18H22N2O2. The Hall–Kier alpha value is -2.28. The Bertz CT molecular complexity index is 608. The highest BCUT2D eigenvalue weighted by Crippen LogP contribution is 2.29. The van der Waals surface area contributed by atoms with Crippen molar-refractivity contribution in [1.29, 1.82) is 5.26 Å². The maximum absolute atomic E-state index is 12.1. The molecule has 1 saturated carbocycles. The Kier molecular flexibility index (Phi) is 5.21. The fourth-order valence-electron chi connectivity index (χ4n) is 2.94. The molecule has 0 heterocycles. The Morgan fingerprint density at radius 1 is 1.41 bits per heavy atom. The molecule has 1 N–H and O–H groups in total. The van der Waals surface area contributed by atoms with E-state index in [1.165, 1.54) is 0 Å². The lowest BCUT2D eigenvalue weighted by Crippen LogP contribution is -2.44. The standard InChI is InChI=1S/C18H22N2O2/c1-14(11-15-7-3-4-8-16(15)22-2)12-17(21)20-18(13-19)9-5-6-10-18/h3-4,7-8,12H,5-6,9-11H2,1-2H3,(H,20,21)/b14-12-. The van der Waals surface area contributed by atoms with Gasteiger partial charge in [0.1, 0.15) is 11.3 Å². The number of allylic oxidation sites excluding steroid dienone is 1. The van der Waals surface area contributed by atoms with Crippen LogP contribution in [-0.4, -0.2) is 18.6 Å². The SMILES string of the molecule is COc1ccccc1C/C(C)=C\C(=O)NC1(C#N)CCCC1. The second kappa shape index (κ2) is 7.13. The van der Waals surface area contributed by atoms with Crippen molar-refractivity contribution < 1.29 is 9.53 Å². The molecule has 0 aromatic heterocycles. The molecule has 1 aromatic carbocycles. The highest BCUT2D eigenvalue weighted by atomic mass is 16.5.